The second-order valence-corrected chi connectivity index (χ2v) is 6.68. The van der Waals surface area contributed by atoms with Gasteiger partial charge in [0.15, 0.2) is 5.82 Å². The Balaban J connectivity index is 1.56. The average Bonchev–Trinajstić information content (AvgIpc) is 3.14. The molecular weight excluding hydrogens is 340 g/mol. The summed E-state index contributed by atoms with van der Waals surface area (Å²) in [6, 6.07) is 3.72. The molecule has 1 amide bonds. The fourth-order valence-corrected chi connectivity index (χ4v) is 2.88. The van der Waals surface area contributed by atoms with Crippen LogP contribution in [0.5, 0.6) is 0 Å². The highest BCUT2D eigenvalue weighted by atomic mass is 16.1. The Morgan fingerprint density at radius 1 is 1.22 bits per heavy atom. The molecule has 3 rings (SSSR count). The number of aryl methyl sites for hydroxylation is 2. The van der Waals surface area contributed by atoms with Gasteiger partial charge in [-0.05, 0) is 25.5 Å². The zero-order valence-electron chi connectivity index (χ0n) is 15.9. The standard InChI is InChI=1S/C20H24N6O/c1-14(2)19-22-9-11-26(19)10-5-8-23-20(27)17-13-24-18(25-15(17)3)16-6-4-7-21-12-16/h4,6-7,9,11-14H,5,8,10H2,1-3H3,(H,23,27). The number of aromatic nitrogens is 5. The monoisotopic (exact) mass is 364 g/mol. The van der Waals surface area contributed by atoms with Gasteiger partial charge in [0.2, 0.25) is 0 Å². The molecule has 0 radical (unpaired) electrons. The van der Waals surface area contributed by atoms with Gasteiger partial charge in [-0.25, -0.2) is 15.0 Å². The molecule has 0 aliphatic heterocycles. The first kappa shape index (κ1) is 18.7. The van der Waals surface area contributed by atoms with E-state index in [1.54, 1.807) is 18.6 Å². The minimum Gasteiger partial charge on any atom is -0.352 e. The Morgan fingerprint density at radius 2 is 2.07 bits per heavy atom. The maximum absolute atomic E-state index is 12.4. The second-order valence-electron chi connectivity index (χ2n) is 6.68. The van der Waals surface area contributed by atoms with Crippen molar-refractivity contribution in [2.24, 2.45) is 0 Å². The summed E-state index contributed by atoms with van der Waals surface area (Å²) >= 11 is 0. The lowest BCUT2D eigenvalue weighted by Crippen LogP contribution is -2.26. The molecule has 0 saturated heterocycles. The van der Waals surface area contributed by atoms with E-state index < -0.39 is 0 Å². The minimum atomic E-state index is -0.153. The van der Waals surface area contributed by atoms with Crippen LogP contribution in [0.3, 0.4) is 0 Å². The van der Waals surface area contributed by atoms with E-state index in [1.165, 1.54) is 0 Å². The zero-order chi connectivity index (χ0) is 19.2. The third-order valence-electron chi connectivity index (χ3n) is 4.27. The van der Waals surface area contributed by atoms with Crippen LogP contribution in [-0.2, 0) is 6.54 Å². The number of pyridine rings is 1. The molecule has 0 spiro atoms. The van der Waals surface area contributed by atoms with E-state index in [2.05, 4.69) is 43.7 Å². The van der Waals surface area contributed by atoms with Gasteiger partial charge in [0, 0.05) is 55.6 Å². The molecule has 27 heavy (non-hydrogen) atoms. The van der Waals surface area contributed by atoms with Crippen molar-refractivity contribution in [3.63, 3.8) is 0 Å². The Morgan fingerprint density at radius 3 is 2.78 bits per heavy atom. The first-order valence-electron chi connectivity index (χ1n) is 9.09. The highest BCUT2D eigenvalue weighted by molar-refractivity contribution is 5.95. The van der Waals surface area contributed by atoms with Gasteiger partial charge in [-0.15, -0.1) is 0 Å². The zero-order valence-corrected chi connectivity index (χ0v) is 15.9. The maximum atomic E-state index is 12.4. The Kier molecular flexibility index (Phi) is 5.90. The van der Waals surface area contributed by atoms with Crippen LogP contribution in [0.15, 0.2) is 43.1 Å². The Bertz CT molecular complexity index is 904. The summed E-state index contributed by atoms with van der Waals surface area (Å²) in [5.74, 6) is 1.86. The van der Waals surface area contributed by atoms with E-state index in [0.717, 1.165) is 24.4 Å². The van der Waals surface area contributed by atoms with Crippen LogP contribution in [0.4, 0.5) is 0 Å². The third kappa shape index (κ3) is 4.55. The number of rotatable bonds is 7. The van der Waals surface area contributed by atoms with Gasteiger partial charge in [-0.1, -0.05) is 13.8 Å². The van der Waals surface area contributed by atoms with E-state index in [1.807, 2.05) is 31.5 Å². The summed E-state index contributed by atoms with van der Waals surface area (Å²) in [6.07, 6.45) is 9.61. The number of nitrogens with one attached hydrogen (secondary N) is 1. The molecule has 0 aliphatic rings. The van der Waals surface area contributed by atoms with E-state index in [9.17, 15) is 4.79 Å². The summed E-state index contributed by atoms with van der Waals surface area (Å²) in [6.45, 7) is 7.47. The normalized spacial score (nSPS) is 11.0. The Labute approximate surface area is 158 Å². The van der Waals surface area contributed by atoms with Gasteiger partial charge in [0.05, 0.1) is 11.3 Å². The largest absolute Gasteiger partial charge is 0.352 e. The summed E-state index contributed by atoms with van der Waals surface area (Å²) in [7, 11) is 0. The van der Waals surface area contributed by atoms with Crippen molar-refractivity contribution in [2.75, 3.05) is 6.54 Å². The fraction of sp³-hybridized carbons (Fsp3) is 0.350. The van der Waals surface area contributed by atoms with Crippen LogP contribution in [-0.4, -0.2) is 37.0 Å². The Hall–Kier alpha value is -3.09. The van der Waals surface area contributed by atoms with Gasteiger partial charge >= 0.3 is 0 Å². The SMILES string of the molecule is Cc1nc(-c2cccnc2)ncc1C(=O)NCCCn1ccnc1C(C)C. The summed E-state index contributed by atoms with van der Waals surface area (Å²) in [5, 5.41) is 2.95. The molecule has 140 valence electrons. The van der Waals surface area contributed by atoms with Gasteiger partial charge in [-0.3, -0.25) is 9.78 Å². The molecule has 0 unspecified atom stereocenters. The second kappa shape index (κ2) is 8.53. The lowest BCUT2D eigenvalue weighted by molar-refractivity contribution is 0.0951. The molecule has 3 aromatic heterocycles. The third-order valence-corrected chi connectivity index (χ3v) is 4.27. The molecule has 1 N–H and O–H groups in total. The number of imidazole rings is 1. The van der Waals surface area contributed by atoms with E-state index in [0.29, 0.717) is 29.5 Å². The topological polar surface area (TPSA) is 85.6 Å². The molecule has 0 aliphatic carbocycles. The average molecular weight is 364 g/mol. The van der Waals surface area contributed by atoms with Gasteiger partial charge in [0.25, 0.3) is 5.91 Å². The number of nitrogens with zero attached hydrogens (tertiary/aromatic N) is 5. The number of carbonyl (C=O) groups is 1. The van der Waals surface area contributed by atoms with E-state index in [-0.39, 0.29) is 5.91 Å². The molecule has 0 saturated carbocycles. The maximum Gasteiger partial charge on any atom is 0.254 e. The predicted molar refractivity (Wildman–Crippen MR) is 103 cm³/mol. The first-order chi connectivity index (χ1) is 13.1. The molecular formula is C20H24N6O. The summed E-state index contributed by atoms with van der Waals surface area (Å²) in [4.78, 5) is 29.6. The predicted octanol–water partition coefficient (Wildman–Crippen LogP) is 2.99. The van der Waals surface area contributed by atoms with Crippen LogP contribution in [0.1, 0.15) is 48.1 Å². The smallest absolute Gasteiger partial charge is 0.254 e. The molecule has 0 bridgehead atoms. The molecule has 7 heteroatoms. The summed E-state index contributed by atoms with van der Waals surface area (Å²) < 4.78 is 2.13. The molecule has 3 aromatic rings. The quantitative estimate of drug-likeness (QED) is 0.652. The van der Waals surface area contributed by atoms with Gasteiger partial charge in [-0.2, -0.15) is 0 Å². The number of hydrogen-bond acceptors (Lipinski definition) is 5. The number of carbonyl (C=O) groups excluding carboxylic acids is 1. The van der Waals surface area contributed by atoms with E-state index in [4.69, 9.17) is 0 Å². The molecule has 0 atom stereocenters. The van der Waals surface area contributed by atoms with Crippen molar-refractivity contribution in [1.29, 1.82) is 0 Å². The first-order valence-corrected chi connectivity index (χ1v) is 9.09. The van der Waals surface area contributed by atoms with Crippen LogP contribution < -0.4 is 5.32 Å². The lowest BCUT2D eigenvalue weighted by atomic mass is 10.2. The molecule has 0 aromatic carbocycles. The lowest BCUT2D eigenvalue weighted by Gasteiger charge is -2.11. The molecule has 7 nitrogen and oxygen atoms in total. The molecule has 0 fully saturated rings. The molecule has 3 heterocycles. The van der Waals surface area contributed by atoms with E-state index >= 15 is 0 Å². The highest BCUT2D eigenvalue weighted by Gasteiger charge is 2.12. The van der Waals surface area contributed by atoms with Gasteiger partial charge in [0.1, 0.15) is 5.82 Å². The van der Waals surface area contributed by atoms with Crippen LogP contribution in [0, 0.1) is 6.92 Å². The number of amides is 1. The van der Waals surface area contributed by atoms with Crippen LogP contribution >= 0.6 is 0 Å². The number of hydrogen-bond donors (Lipinski definition) is 1. The van der Waals surface area contributed by atoms with Crippen LogP contribution in [0.2, 0.25) is 0 Å². The fourth-order valence-electron chi connectivity index (χ4n) is 2.88. The van der Waals surface area contributed by atoms with Crippen molar-refractivity contribution in [2.45, 2.75) is 39.7 Å². The minimum absolute atomic E-state index is 0.153. The van der Waals surface area contributed by atoms with Crippen molar-refractivity contribution in [3.05, 3.63) is 60.2 Å². The summed E-state index contributed by atoms with van der Waals surface area (Å²) in [5.41, 5.74) is 1.97. The van der Waals surface area contributed by atoms with Crippen LogP contribution in [0.25, 0.3) is 11.4 Å². The van der Waals surface area contributed by atoms with Crippen molar-refractivity contribution < 1.29 is 4.79 Å². The van der Waals surface area contributed by atoms with Crippen molar-refractivity contribution in [3.8, 4) is 11.4 Å². The van der Waals surface area contributed by atoms with Crippen molar-refractivity contribution in [1.82, 2.24) is 29.8 Å². The van der Waals surface area contributed by atoms with Crippen molar-refractivity contribution >= 4 is 5.91 Å². The van der Waals surface area contributed by atoms with Gasteiger partial charge < -0.3 is 9.88 Å². The highest BCUT2D eigenvalue weighted by Crippen LogP contribution is 2.15.